The Kier molecular flexibility index (Phi) is 6.88. The third-order valence-corrected chi connectivity index (χ3v) is 5.20. The van der Waals surface area contributed by atoms with Crippen molar-refractivity contribution < 1.29 is 19.4 Å². The number of hydrogen-bond acceptors (Lipinski definition) is 7. The van der Waals surface area contributed by atoms with Gasteiger partial charge < -0.3 is 20.3 Å². The number of carbonyl (C=O) groups excluding carboxylic acids is 1. The number of methoxy groups -OCH3 is 2. The molecule has 9 heteroatoms. The summed E-state index contributed by atoms with van der Waals surface area (Å²) < 4.78 is 12.4. The van der Waals surface area contributed by atoms with Crippen LogP contribution in [0.5, 0.6) is 17.2 Å². The number of nitrogens with two attached hydrogens (primary N) is 1. The third kappa shape index (κ3) is 4.67. The van der Waals surface area contributed by atoms with Gasteiger partial charge in [-0.25, -0.2) is 4.68 Å². The molecule has 0 radical (unpaired) electrons. The van der Waals surface area contributed by atoms with Crippen molar-refractivity contribution in [2.24, 2.45) is 15.8 Å². The predicted octanol–water partition coefficient (Wildman–Crippen LogP) is 3.01. The standard InChI is InChI=1S/C22H22N4O4S/c1-4-10-24-22-26(25-12-15-6-5-7-19(29-2)20(15)30-3)17(13-31-22)14-8-9-18(27)16(11-14)21(23)28/h4-9,11-13,27H,1,10H2,2-3H3,(H2,23,28)/b24-22?,25-12+. The number of hydrogen-bond donors (Lipinski definition) is 2. The van der Waals surface area contributed by atoms with Crippen LogP contribution in [-0.2, 0) is 0 Å². The molecule has 2 aromatic carbocycles. The molecule has 1 aromatic heterocycles. The normalized spacial score (nSPS) is 11.6. The van der Waals surface area contributed by atoms with E-state index in [4.69, 9.17) is 15.2 Å². The Hall–Kier alpha value is -3.85. The van der Waals surface area contributed by atoms with Crippen molar-refractivity contribution in [2.45, 2.75) is 0 Å². The first-order valence-corrected chi connectivity index (χ1v) is 10.1. The van der Waals surface area contributed by atoms with Gasteiger partial charge in [-0.05, 0) is 30.3 Å². The number of nitrogens with zero attached hydrogens (tertiary/aromatic N) is 3. The summed E-state index contributed by atoms with van der Waals surface area (Å²) in [7, 11) is 3.13. The quantitative estimate of drug-likeness (QED) is 0.416. The van der Waals surface area contributed by atoms with Gasteiger partial charge in [0.15, 0.2) is 11.5 Å². The monoisotopic (exact) mass is 438 g/mol. The molecule has 3 aromatic rings. The number of carbonyl (C=O) groups is 1. The average molecular weight is 439 g/mol. The zero-order chi connectivity index (χ0) is 22.4. The van der Waals surface area contributed by atoms with E-state index in [-0.39, 0.29) is 11.3 Å². The lowest BCUT2D eigenvalue weighted by atomic mass is 10.1. The van der Waals surface area contributed by atoms with E-state index in [1.807, 2.05) is 17.5 Å². The highest BCUT2D eigenvalue weighted by Crippen LogP contribution is 2.30. The molecule has 0 atom stereocenters. The lowest BCUT2D eigenvalue weighted by Gasteiger charge is -2.10. The summed E-state index contributed by atoms with van der Waals surface area (Å²) in [5.74, 6) is 0.237. The van der Waals surface area contributed by atoms with Gasteiger partial charge in [0.2, 0.25) is 4.80 Å². The Morgan fingerprint density at radius 1 is 1.29 bits per heavy atom. The third-order valence-electron chi connectivity index (χ3n) is 4.34. The summed E-state index contributed by atoms with van der Waals surface area (Å²) in [6, 6.07) is 10.1. The number of thiazole rings is 1. The van der Waals surface area contributed by atoms with Crippen LogP contribution in [0.4, 0.5) is 0 Å². The number of ether oxygens (including phenoxy) is 2. The zero-order valence-electron chi connectivity index (χ0n) is 17.1. The molecule has 0 saturated carbocycles. The van der Waals surface area contributed by atoms with Crippen LogP contribution in [0.3, 0.4) is 0 Å². The van der Waals surface area contributed by atoms with E-state index in [0.717, 1.165) is 0 Å². The number of aromatic hydroxyl groups is 1. The number of para-hydroxylation sites is 1. The Labute approximate surface area is 183 Å². The summed E-state index contributed by atoms with van der Waals surface area (Å²) in [5, 5.41) is 16.4. The molecule has 0 aliphatic rings. The van der Waals surface area contributed by atoms with E-state index in [1.54, 1.807) is 43.3 Å². The van der Waals surface area contributed by atoms with Gasteiger partial charge in [0.05, 0.1) is 38.2 Å². The van der Waals surface area contributed by atoms with Crippen LogP contribution in [0.15, 0.2) is 64.5 Å². The molecule has 31 heavy (non-hydrogen) atoms. The largest absolute Gasteiger partial charge is 0.507 e. The maximum Gasteiger partial charge on any atom is 0.252 e. The van der Waals surface area contributed by atoms with Gasteiger partial charge >= 0.3 is 0 Å². The Bertz CT molecular complexity index is 1210. The number of rotatable bonds is 8. The second-order valence-electron chi connectivity index (χ2n) is 6.27. The lowest BCUT2D eigenvalue weighted by Crippen LogP contribution is -2.14. The van der Waals surface area contributed by atoms with Crippen LogP contribution < -0.4 is 20.0 Å². The van der Waals surface area contributed by atoms with E-state index >= 15 is 0 Å². The molecule has 0 aliphatic heterocycles. The van der Waals surface area contributed by atoms with Crippen molar-refractivity contribution in [3.63, 3.8) is 0 Å². The topological polar surface area (TPSA) is 111 Å². The first-order chi connectivity index (χ1) is 15.0. The molecular weight excluding hydrogens is 416 g/mol. The van der Waals surface area contributed by atoms with Gasteiger partial charge in [0.1, 0.15) is 5.75 Å². The molecular formula is C22H22N4O4S. The van der Waals surface area contributed by atoms with Crippen LogP contribution in [0.2, 0.25) is 0 Å². The summed E-state index contributed by atoms with van der Waals surface area (Å²) in [5.41, 5.74) is 7.44. The fourth-order valence-electron chi connectivity index (χ4n) is 2.89. The summed E-state index contributed by atoms with van der Waals surface area (Å²) in [4.78, 5) is 16.8. The van der Waals surface area contributed by atoms with Crippen LogP contribution in [-0.4, -0.2) is 42.7 Å². The minimum absolute atomic E-state index is 0.0262. The zero-order valence-corrected chi connectivity index (χ0v) is 17.9. The number of aromatic nitrogens is 1. The summed E-state index contributed by atoms with van der Waals surface area (Å²) in [6.45, 7) is 4.12. The highest BCUT2D eigenvalue weighted by molar-refractivity contribution is 7.07. The number of amides is 1. The van der Waals surface area contributed by atoms with Gasteiger partial charge in [-0.15, -0.1) is 17.9 Å². The molecule has 1 heterocycles. The van der Waals surface area contributed by atoms with Crippen molar-refractivity contribution in [3.8, 4) is 28.5 Å². The average Bonchev–Trinajstić information content (AvgIpc) is 3.18. The van der Waals surface area contributed by atoms with Crippen molar-refractivity contribution in [2.75, 3.05) is 20.8 Å². The van der Waals surface area contributed by atoms with Gasteiger partial charge in [-0.1, -0.05) is 12.1 Å². The highest BCUT2D eigenvalue weighted by atomic mass is 32.1. The molecule has 8 nitrogen and oxygen atoms in total. The van der Waals surface area contributed by atoms with Crippen molar-refractivity contribution in [1.82, 2.24) is 4.68 Å². The molecule has 3 rings (SSSR count). The highest BCUT2D eigenvalue weighted by Gasteiger charge is 2.14. The van der Waals surface area contributed by atoms with Gasteiger partial charge in [0, 0.05) is 16.5 Å². The Balaban J connectivity index is 2.15. The van der Waals surface area contributed by atoms with Crippen molar-refractivity contribution in [1.29, 1.82) is 0 Å². The fourth-order valence-corrected chi connectivity index (χ4v) is 3.73. The molecule has 0 unspecified atom stereocenters. The number of phenols is 1. The van der Waals surface area contributed by atoms with E-state index in [9.17, 15) is 9.90 Å². The maximum absolute atomic E-state index is 11.7. The molecule has 160 valence electrons. The van der Waals surface area contributed by atoms with Crippen LogP contribution in [0.1, 0.15) is 15.9 Å². The Morgan fingerprint density at radius 3 is 2.77 bits per heavy atom. The molecule has 3 N–H and O–H groups in total. The predicted molar refractivity (Wildman–Crippen MR) is 121 cm³/mol. The minimum atomic E-state index is -0.720. The SMILES string of the molecule is C=CCN=c1scc(-c2ccc(O)c(C(N)=O)c2)n1/N=C/c1cccc(OC)c1OC. The van der Waals surface area contributed by atoms with E-state index in [2.05, 4.69) is 16.7 Å². The lowest BCUT2D eigenvalue weighted by molar-refractivity contribution is 0.0998. The molecule has 1 amide bonds. The first-order valence-electron chi connectivity index (χ1n) is 9.20. The smallest absolute Gasteiger partial charge is 0.252 e. The first kappa shape index (κ1) is 21.8. The van der Waals surface area contributed by atoms with Gasteiger partial charge in [-0.3, -0.25) is 9.79 Å². The van der Waals surface area contributed by atoms with Crippen LogP contribution in [0, 0.1) is 0 Å². The van der Waals surface area contributed by atoms with Gasteiger partial charge in [-0.2, -0.15) is 5.10 Å². The fraction of sp³-hybridized carbons (Fsp3) is 0.136. The molecule has 0 fully saturated rings. The second kappa shape index (κ2) is 9.77. The molecule has 0 saturated heterocycles. The van der Waals surface area contributed by atoms with Crippen molar-refractivity contribution in [3.05, 3.63) is 70.4 Å². The van der Waals surface area contributed by atoms with Crippen molar-refractivity contribution >= 4 is 23.5 Å². The summed E-state index contributed by atoms with van der Waals surface area (Å²) in [6.07, 6.45) is 3.32. The van der Waals surface area contributed by atoms with Crippen LogP contribution in [0.25, 0.3) is 11.3 Å². The van der Waals surface area contributed by atoms with E-state index in [0.29, 0.717) is 39.7 Å². The van der Waals surface area contributed by atoms with Gasteiger partial charge in [0.25, 0.3) is 5.91 Å². The minimum Gasteiger partial charge on any atom is -0.507 e. The number of benzene rings is 2. The number of primary amides is 1. The second-order valence-corrected chi connectivity index (χ2v) is 7.10. The molecule has 0 aliphatic carbocycles. The maximum atomic E-state index is 11.7. The van der Waals surface area contributed by atoms with E-state index in [1.165, 1.54) is 23.5 Å². The van der Waals surface area contributed by atoms with E-state index < -0.39 is 5.91 Å². The summed E-state index contributed by atoms with van der Waals surface area (Å²) >= 11 is 1.38. The molecule has 0 bridgehead atoms. The Morgan fingerprint density at radius 2 is 2.10 bits per heavy atom. The molecule has 0 spiro atoms. The van der Waals surface area contributed by atoms with Crippen LogP contribution >= 0.6 is 11.3 Å².